The highest BCUT2D eigenvalue weighted by atomic mass is 79.9. The Kier molecular flexibility index (Phi) is 4.85. The van der Waals surface area contributed by atoms with Crippen LogP contribution in [0, 0.1) is 0 Å². The van der Waals surface area contributed by atoms with E-state index in [1.807, 2.05) is 0 Å². The normalized spacial score (nSPS) is 19.6. The van der Waals surface area contributed by atoms with E-state index >= 15 is 0 Å². The van der Waals surface area contributed by atoms with E-state index in [1.165, 1.54) is 5.56 Å². The summed E-state index contributed by atoms with van der Waals surface area (Å²) in [5.41, 5.74) is 6.75. The van der Waals surface area contributed by atoms with Gasteiger partial charge in [-0.2, -0.15) is 0 Å². The molecule has 1 aliphatic rings. The van der Waals surface area contributed by atoms with Gasteiger partial charge in [0.1, 0.15) is 11.9 Å². The SMILES string of the molecule is NCCc1cc(Br)c(OC2CCOC2)c(Br)c1. The van der Waals surface area contributed by atoms with Crippen LogP contribution in [0.5, 0.6) is 5.75 Å². The molecule has 1 aromatic rings. The molecule has 0 amide bonds. The van der Waals surface area contributed by atoms with Crippen LogP contribution in [0.25, 0.3) is 0 Å². The van der Waals surface area contributed by atoms with Crippen LogP contribution in [0.1, 0.15) is 12.0 Å². The lowest BCUT2D eigenvalue weighted by Crippen LogP contribution is -2.16. The molecular weight excluding hydrogens is 350 g/mol. The molecule has 5 heteroatoms. The third kappa shape index (κ3) is 3.44. The number of ether oxygens (including phenoxy) is 2. The molecule has 0 saturated carbocycles. The highest BCUT2D eigenvalue weighted by molar-refractivity contribution is 9.11. The Hall–Kier alpha value is -0.100. The molecular formula is C12H15Br2NO2. The molecule has 17 heavy (non-hydrogen) atoms. The van der Waals surface area contributed by atoms with Crippen molar-refractivity contribution in [2.75, 3.05) is 19.8 Å². The number of rotatable bonds is 4. The number of hydrogen-bond acceptors (Lipinski definition) is 3. The summed E-state index contributed by atoms with van der Waals surface area (Å²) < 4.78 is 13.1. The molecule has 1 unspecified atom stereocenters. The summed E-state index contributed by atoms with van der Waals surface area (Å²) in [6.07, 6.45) is 1.97. The van der Waals surface area contributed by atoms with E-state index < -0.39 is 0 Å². The third-order valence-electron chi connectivity index (χ3n) is 2.66. The van der Waals surface area contributed by atoms with Crippen LogP contribution in [-0.2, 0) is 11.2 Å². The molecule has 1 aromatic carbocycles. The smallest absolute Gasteiger partial charge is 0.148 e. The largest absolute Gasteiger partial charge is 0.486 e. The second kappa shape index (κ2) is 6.18. The van der Waals surface area contributed by atoms with Gasteiger partial charge in [-0.05, 0) is 62.5 Å². The van der Waals surface area contributed by atoms with Crippen LogP contribution < -0.4 is 10.5 Å². The van der Waals surface area contributed by atoms with Gasteiger partial charge in [0, 0.05) is 6.42 Å². The average molecular weight is 365 g/mol. The van der Waals surface area contributed by atoms with Crippen molar-refractivity contribution in [3.63, 3.8) is 0 Å². The lowest BCUT2D eigenvalue weighted by molar-refractivity contribution is 0.140. The van der Waals surface area contributed by atoms with Crippen molar-refractivity contribution < 1.29 is 9.47 Å². The van der Waals surface area contributed by atoms with Gasteiger partial charge in [-0.1, -0.05) is 0 Å². The Bertz CT molecular complexity index is 369. The Morgan fingerprint density at radius 2 is 2.06 bits per heavy atom. The van der Waals surface area contributed by atoms with Gasteiger partial charge in [-0.25, -0.2) is 0 Å². The fourth-order valence-electron chi connectivity index (χ4n) is 1.81. The van der Waals surface area contributed by atoms with E-state index in [1.54, 1.807) is 0 Å². The minimum absolute atomic E-state index is 0.156. The minimum Gasteiger partial charge on any atom is -0.486 e. The summed E-state index contributed by atoms with van der Waals surface area (Å²) in [6, 6.07) is 4.12. The predicted molar refractivity (Wildman–Crippen MR) is 74.5 cm³/mol. The van der Waals surface area contributed by atoms with Gasteiger partial charge in [0.25, 0.3) is 0 Å². The Morgan fingerprint density at radius 3 is 2.59 bits per heavy atom. The molecule has 0 bridgehead atoms. The number of nitrogens with two attached hydrogens (primary N) is 1. The molecule has 94 valence electrons. The summed E-state index contributed by atoms with van der Waals surface area (Å²) in [4.78, 5) is 0. The standard InChI is InChI=1S/C12H15Br2NO2/c13-10-5-8(1-3-15)6-11(14)12(10)17-9-2-4-16-7-9/h5-6,9H,1-4,7,15H2. The molecule has 1 heterocycles. The van der Waals surface area contributed by atoms with Crippen molar-refractivity contribution in [3.8, 4) is 5.75 Å². The van der Waals surface area contributed by atoms with Gasteiger partial charge in [0.15, 0.2) is 0 Å². The molecule has 1 atom stereocenters. The van der Waals surface area contributed by atoms with Gasteiger partial charge < -0.3 is 15.2 Å². The summed E-state index contributed by atoms with van der Waals surface area (Å²) in [6.45, 7) is 2.10. The fourth-order valence-corrected chi connectivity index (χ4v) is 3.28. The van der Waals surface area contributed by atoms with Crippen molar-refractivity contribution >= 4 is 31.9 Å². The van der Waals surface area contributed by atoms with Gasteiger partial charge in [-0.15, -0.1) is 0 Å². The Morgan fingerprint density at radius 1 is 1.35 bits per heavy atom. The lowest BCUT2D eigenvalue weighted by atomic mass is 10.1. The maximum Gasteiger partial charge on any atom is 0.148 e. The van der Waals surface area contributed by atoms with Crippen molar-refractivity contribution in [3.05, 3.63) is 26.6 Å². The van der Waals surface area contributed by atoms with E-state index in [0.29, 0.717) is 13.2 Å². The molecule has 0 aromatic heterocycles. The van der Waals surface area contributed by atoms with E-state index in [0.717, 1.165) is 34.1 Å². The van der Waals surface area contributed by atoms with Crippen molar-refractivity contribution in [1.29, 1.82) is 0 Å². The van der Waals surface area contributed by atoms with E-state index in [9.17, 15) is 0 Å². The van der Waals surface area contributed by atoms with Crippen LogP contribution in [0.15, 0.2) is 21.1 Å². The maximum atomic E-state index is 5.92. The van der Waals surface area contributed by atoms with Gasteiger partial charge >= 0.3 is 0 Å². The van der Waals surface area contributed by atoms with Crippen LogP contribution in [0.3, 0.4) is 0 Å². The van der Waals surface area contributed by atoms with E-state index in [2.05, 4.69) is 44.0 Å². The number of hydrogen-bond donors (Lipinski definition) is 1. The van der Waals surface area contributed by atoms with Crippen LogP contribution in [0.4, 0.5) is 0 Å². The predicted octanol–water partition coefficient (Wildman–Crippen LogP) is 2.88. The highest BCUT2D eigenvalue weighted by Gasteiger charge is 2.20. The van der Waals surface area contributed by atoms with Crippen molar-refractivity contribution in [1.82, 2.24) is 0 Å². The average Bonchev–Trinajstić information content (AvgIpc) is 2.76. The minimum atomic E-state index is 0.156. The van der Waals surface area contributed by atoms with E-state index in [-0.39, 0.29) is 6.10 Å². The second-order valence-corrected chi connectivity index (χ2v) is 5.74. The van der Waals surface area contributed by atoms with E-state index in [4.69, 9.17) is 15.2 Å². The number of benzene rings is 1. The van der Waals surface area contributed by atoms with Gasteiger partial charge in [0.05, 0.1) is 22.2 Å². The first kappa shape index (κ1) is 13.3. The van der Waals surface area contributed by atoms with Crippen LogP contribution in [0.2, 0.25) is 0 Å². The quantitative estimate of drug-likeness (QED) is 0.893. The molecule has 0 radical (unpaired) electrons. The number of halogens is 2. The first-order valence-corrected chi connectivity index (χ1v) is 7.21. The molecule has 2 rings (SSSR count). The Balaban J connectivity index is 2.15. The summed E-state index contributed by atoms with van der Waals surface area (Å²) >= 11 is 7.08. The van der Waals surface area contributed by atoms with Gasteiger partial charge in [0.2, 0.25) is 0 Å². The second-order valence-electron chi connectivity index (χ2n) is 4.03. The van der Waals surface area contributed by atoms with Gasteiger partial charge in [-0.3, -0.25) is 0 Å². The first-order chi connectivity index (χ1) is 8.20. The fraction of sp³-hybridized carbons (Fsp3) is 0.500. The van der Waals surface area contributed by atoms with Crippen LogP contribution >= 0.6 is 31.9 Å². The summed E-state index contributed by atoms with van der Waals surface area (Å²) in [5, 5.41) is 0. The third-order valence-corrected chi connectivity index (χ3v) is 3.84. The van der Waals surface area contributed by atoms with Crippen molar-refractivity contribution in [2.45, 2.75) is 18.9 Å². The lowest BCUT2D eigenvalue weighted by Gasteiger charge is -2.16. The zero-order chi connectivity index (χ0) is 12.3. The molecule has 0 spiro atoms. The zero-order valence-corrected chi connectivity index (χ0v) is 12.6. The van der Waals surface area contributed by atoms with Crippen LogP contribution in [-0.4, -0.2) is 25.9 Å². The molecule has 0 aliphatic carbocycles. The summed E-state index contributed by atoms with van der Waals surface area (Å²) in [5.74, 6) is 0.848. The molecule has 2 N–H and O–H groups in total. The molecule has 1 saturated heterocycles. The van der Waals surface area contributed by atoms with Crippen molar-refractivity contribution in [2.24, 2.45) is 5.73 Å². The molecule has 1 aliphatic heterocycles. The molecule has 3 nitrogen and oxygen atoms in total. The highest BCUT2D eigenvalue weighted by Crippen LogP contribution is 2.36. The maximum absolute atomic E-state index is 5.92. The zero-order valence-electron chi connectivity index (χ0n) is 9.42. The first-order valence-electron chi connectivity index (χ1n) is 5.63. The summed E-state index contributed by atoms with van der Waals surface area (Å²) in [7, 11) is 0. The molecule has 1 fully saturated rings. The monoisotopic (exact) mass is 363 g/mol. The Labute approximate surface area is 118 Å². The topological polar surface area (TPSA) is 44.5 Å².